The summed E-state index contributed by atoms with van der Waals surface area (Å²) in [5, 5.41) is 10.8. The molecule has 5 heteroatoms. The molecule has 0 radical (unpaired) electrons. The van der Waals surface area contributed by atoms with E-state index in [1.807, 2.05) is 43.3 Å². The van der Waals surface area contributed by atoms with Crippen molar-refractivity contribution in [2.24, 2.45) is 0 Å². The molecule has 116 valence electrons. The largest absolute Gasteiger partial charge is 0.491 e. The zero-order chi connectivity index (χ0) is 15.4. The van der Waals surface area contributed by atoms with Gasteiger partial charge in [-0.15, -0.1) is 0 Å². The van der Waals surface area contributed by atoms with E-state index in [0.717, 1.165) is 36.6 Å². The molecule has 1 saturated heterocycles. The summed E-state index contributed by atoms with van der Waals surface area (Å²) in [6, 6.07) is 11.5. The number of rotatable bonds is 4. The number of hydrogen-bond donors (Lipinski definition) is 1. The van der Waals surface area contributed by atoms with Gasteiger partial charge in [-0.05, 0) is 31.9 Å². The van der Waals surface area contributed by atoms with E-state index in [1.165, 1.54) is 0 Å². The zero-order valence-electron chi connectivity index (χ0n) is 12.8. The first-order valence-electron chi connectivity index (χ1n) is 7.58. The van der Waals surface area contributed by atoms with Gasteiger partial charge in [-0.3, -0.25) is 0 Å². The average molecular weight is 299 g/mol. The van der Waals surface area contributed by atoms with Crippen molar-refractivity contribution >= 4 is 5.82 Å². The number of piperidine rings is 1. The predicted molar refractivity (Wildman–Crippen MR) is 85.1 cm³/mol. The van der Waals surface area contributed by atoms with Gasteiger partial charge in [-0.25, -0.2) is 9.97 Å². The fourth-order valence-corrected chi connectivity index (χ4v) is 2.77. The summed E-state index contributed by atoms with van der Waals surface area (Å²) in [5.74, 6) is 1.65. The Balaban J connectivity index is 1.66. The van der Waals surface area contributed by atoms with Crippen molar-refractivity contribution in [2.45, 2.75) is 25.4 Å². The first-order chi connectivity index (χ1) is 10.6. The highest BCUT2D eigenvalue weighted by Gasteiger charge is 2.34. The maximum absolute atomic E-state index is 10.8. The number of para-hydroxylation sites is 1. The van der Waals surface area contributed by atoms with E-state index in [-0.39, 0.29) is 6.61 Å². The normalized spacial score (nSPS) is 21.6. The first-order valence-corrected chi connectivity index (χ1v) is 7.58. The lowest BCUT2D eigenvalue weighted by Crippen LogP contribution is -2.52. The van der Waals surface area contributed by atoms with Crippen LogP contribution in [0.4, 0.5) is 5.82 Å². The van der Waals surface area contributed by atoms with Gasteiger partial charge in [-0.2, -0.15) is 0 Å². The lowest BCUT2D eigenvalue weighted by Gasteiger charge is -2.39. The number of aliphatic hydroxyl groups is 1. The minimum Gasteiger partial charge on any atom is -0.491 e. The smallest absolute Gasteiger partial charge is 0.132 e. The summed E-state index contributed by atoms with van der Waals surface area (Å²) in [7, 11) is 0. The number of hydrogen-bond acceptors (Lipinski definition) is 5. The number of β-amino-alcohol motifs (C(OH)–C–C–N with tert-alkyl or cyclic N) is 1. The molecule has 1 unspecified atom stereocenters. The van der Waals surface area contributed by atoms with Gasteiger partial charge in [0.25, 0.3) is 0 Å². The zero-order valence-corrected chi connectivity index (χ0v) is 12.8. The molecule has 0 aliphatic carbocycles. The maximum Gasteiger partial charge on any atom is 0.132 e. The second-order valence-corrected chi connectivity index (χ2v) is 5.87. The van der Waals surface area contributed by atoms with Crippen LogP contribution in [0.2, 0.25) is 0 Å². The number of ether oxygens (including phenoxy) is 1. The summed E-state index contributed by atoms with van der Waals surface area (Å²) >= 11 is 0. The molecule has 0 saturated carbocycles. The van der Waals surface area contributed by atoms with Crippen molar-refractivity contribution in [3.05, 3.63) is 48.4 Å². The quantitative estimate of drug-likeness (QED) is 0.938. The topological polar surface area (TPSA) is 58.5 Å². The summed E-state index contributed by atoms with van der Waals surface area (Å²) < 4.78 is 5.75. The lowest BCUT2D eigenvalue weighted by atomic mass is 9.93. The van der Waals surface area contributed by atoms with Gasteiger partial charge in [0, 0.05) is 18.3 Å². The Bertz CT molecular complexity index is 620. The molecule has 1 aromatic carbocycles. The molecule has 1 N–H and O–H groups in total. The van der Waals surface area contributed by atoms with E-state index in [9.17, 15) is 5.11 Å². The molecular formula is C17H21N3O2. The van der Waals surface area contributed by atoms with Crippen molar-refractivity contribution in [3.8, 4) is 5.75 Å². The van der Waals surface area contributed by atoms with E-state index in [1.54, 1.807) is 6.33 Å². The van der Waals surface area contributed by atoms with Gasteiger partial charge in [0.1, 0.15) is 30.1 Å². The van der Waals surface area contributed by atoms with Crippen LogP contribution in [0.1, 0.15) is 18.5 Å². The summed E-state index contributed by atoms with van der Waals surface area (Å²) in [6.45, 7) is 3.65. The van der Waals surface area contributed by atoms with Crippen LogP contribution in [0.25, 0.3) is 0 Å². The summed E-state index contributed by atoms with van der Waals surface area (Å²) in [5.41, 5.74) is 0.0760. The van der Waals surface area contributed by atoms with Crippen molar-refractivity contribution in [1.29, 1.82) is 0 Å². The first kappa shape index (κ1) is 14.8. The minimum absolute atomic E-state index is 0.289. The molecule has 5 nitrogen and oxygen atoms in total. The monoisotopic (exact) mass is 299 g/mol. The Hall–Kier alpha value is -2.14. The Labute approximate surface area is 130 Å². The van der Waals surface area contributed by atoms with Crippen molar-refractivity contribution in [2.75, 3.05) is 24.6 Å². The molecule has 22 heavy (non-hydrogen) atoms. The fourth-order valence-electron chi connectivity index (χ4n) is 2.77. The van der Waals surface area contributed by atoms with Gasteiger partial charge in [0.05, 0.1) is 6.54 Å². The van der Waals surface area contributed by atoms with Crippen molar-refractivity contribution < 1.29 is 9.84 Å². The van der Waals surface area contributed by atoms with Crippen molar-refractivity contribution in [3.63, 3.8) is 0 Å². The van der Waals surface area contributed by atoms with E-state index in [4.69, 9.17) is 4.74 Å². The third kappa shape index (κ3) is 3.54. The number of anilines is 1. The third-order valence-electron chi connectivity index (χ3n) is 3.92. The molecule has 1 aliphatic heterocycles. The predicted octanol–water partition coefficient (Wildman–Crippen LogP) is 2.20. The molecule has 2 aromatic rings. The average Bonchev–Trinajstić information content (AvgIpc) is 2.54. The van der Waals surface area contributed by atoms with Gasteiger partial charge in [0.15, 0.2) is 0 Å². The Morgan fingerprint density at radius 2 is 2.09 bits per heavy atom. The van der Waals surface area contributed by atoms with Crippen LogP contribution in [0.3, 0.4) is 0 Å². The van der Waals surface area contributed by atoms with Gasteiger partial charge in [-0.1, -0.05) is 18.2 Å². The second kappa shape index (κ2) is 6.32. The molecule has 3 rings (SSSR count). The van der Waals surface area contributed by atoms with Crippen LogP contribution in [-0.4, -0.2) is 40.4 Å². The number of aryl methyl sites for hydroxylation is 1. The minimum atomic E-state index is -0.854. The summed E-state index contributed by atoms with van der Waals surface area (Å²) in [4.78, 5) is 10.5. The third-order valence-corrected chi connectivity index (χ3v) is 3.92. The Morgan fingerprint density at radius 3 is 2.86 bits per heavy atom. The molecular weight excluding hydrogens is 278 g/mol. The van der Waals surface area contributed by atoms with Crippen LogP contribution < -0.4 is 9.64 Å². The second-order valence-electron chi connectivity index (χ2n) is 5.87. The SMILES string of the molecule is Cc1cc(N2CCCC(O)(COc3ccccc3)C2)ncn1. The van der Waals surface area contributed by atoms with Crippen LogP contribution in [0, 0.1) is 6.92 Å². The van der Waals surface area contributed by atoms with Crippen molar-refractivity contribution in [1.82, 2.24) is 9.97 Å². The van der Waals surface area contributed by atoms with Crippen LogP contribution in [-0.2, 0) is 0 Å². The highest BCUT2D eigenvalue weighted by atomic mass is 16.5. The van der Waals surface area contributed by atoms with E-state index in [2.05, 4.69) is 14.9 Å². The van der Waals surface area contributed by atoms with Gasteiger partial charge in [0.2, 0.25) is 0 Å². The highest BCUT2D eigenvalue weighted by molar-refractivity contribution is 5.40. The Morgan fingerprint density at radius 1 is 1.27 bits per heavy atom. The van der Waals surface area contributed by atoms with Gasteiger partial charge < -0.3 is 14.7 Å². The molecule has 1 atom stereocenters. The Kier molecular flexibility index (Phi) is 4.24. The summed E-state index contributed by atoms with van der Waals surface area (Å²) in [6.07, 6.45) is 3.22. The van der Waals surface area contributed by atoms with E-state index < -0.39 is 5.60 Å². The van der Waals surface area contributed by atoms with E-state index in [0.29, 0.717) is 6.54 Å². The highest BCUT2D eigenvalue weighted by Crippen LogP contribution is 2.26. The molecule has 0 spiro atoms. The van der Waals surface area contributed by atoms with Crippen LogP contribution in [0.15, 0.2) is 42.7 Å². The lowest BCUT2D eigenvalue weighted by molar-refractivity contribution is -0.0156. The number of aromatic nitrogens is 2. The molecule has 1 fully saturated rings. The van der Waals surface area contributed by atoms with E-state index >= 15 is 0 Å². The molecule has 0 bridgehead atoms. The number of nitrogens with zero attached hydrogens (tertiary/aromatic N) is 3. The molecule has 1 aliphatic rings. The van der Waals surface area contributed by atoms with Crippen LogP contribution in [0.5, 0.6) is 5.75 Å². The standard InChI is InChI=1S/C17H21N3O2/c1-14-10-16(19-13-18-14)20-9-5-8-17(21,11-20)12-22-15-6-3-2-4-7-15/h2-4,6-7,10,13,21H,5,8-9,11-12H2,1H3. The fraction of sp³-hybridized carbons (Fsp3) is 0.412. The van der Waals surface area contributed by atoms with Gasteiger partial charge >= 0.3 is 0 Å². The maximum atomic E-state index is 10.8. The molecule has 0 amide bonds. The van der Waals surface area contributed by atoms with Crippen LogP contribution >= 0.6 is 0 Å². The molecule has 2 heterocycles. The molecule has 1 aromatic heterocycles. The number of benzene rings is 1.